The Labute approximate surface area is 147 Å². The second-order valence-corrected chi connectivity index (χ2v) is 6.93. The summed E-state index contributed by atoms with van der Waals surface area (Å²) in [5.41, 5.74) is 1.86. The predicted molar refractivity (Wildman–Crippen MR) is 98.2 cm³/mol. The Balaban J connectivity index is 2.14. The van der Waals surface area contributed by atoms with Gasteiger partial charge in [-0.05, 0) is 35.2 Å². The van der Waals surface area contributed by atoms with Crippen molar-refractivity contribution in [3.8, 4) is 0 Å². The van der Waals surface area contributed by atoms with Gasteiger partial charge in [0.2, 0.25) is 11.8 Å². The molecule has 0 aromatic heterocycles. The average Bonchev–Trinajstić information content (AvgIpc) is 2.54. The predicted octanol–water partition coefficient (Wildman–Crippen LogP) is 4.11. The van der Waals surface area contributed by atoms with E-state index >= 15 is 0 Å². The van der Waals surface area contributed by atoms with E-state index in [0.29, 0.717) is 5.69 Å². The van der Waals surface area contributed by atoms with Crippen molar-refractivity contribution in [2.75, 3.05) is 16.8 Å². The van der Waals surface area contributed by atoms with Gasteiger partial charge in [0.05, 0.1) is 5.69 Å². The maximum Gasteiger partial charge on any atom is 0.244 e. The van der Waals surface area contributed by atoms with Crippen molar-refractivity contribution in [2.45, 2.75) is 33.1 Å². The molecule has 0 fully saturated rings. The molecule has 0 saturated heterocycles. The lowest BCUT2D eigenvalue weighted by atomic mass is 9.87. The molecule has 0 heterocycles. The van der Waals surface area contributed by atoms with Crippen LogP contribution in [-0.4, -0.2) is 18.4 Å². The highest BCUT2D eigenvalue weighted by Gasteiger charge is 2.18. The van der Waals surface area contributed by atoms with E-state index in [9.17, 15) is 14.0 Å². The molecule has 0 aliphatic rings. The number of carbonyl (C=O) groups excluding carboxylic acids is 2. The quantitative estimate of drug-likeness (QED) is 0.909. The maximum atomic E-state index is 13.6. The highest BCUT2D eigenvalue weighted by Crippen LogP contribution is 2.25. The molecule has 0 saturated carbocycles. The van der Waals surface area contributed by atoms with E-state index in [1.165, 1.54) is 24.0 Å². The first-order valence-electron chi connectivity index (χ1n) is 8.11. The van der Waals surface area contributed by atoms with Gasteiger partial charge in [0.1, 0.15) is 12.4 Å². The number of rotatable bonds is 4. The molecule has 0 aliphatic heterocycles. The Bertz CT molecular complexity index is 764. The summed E-state index contributed by atoms with van der Waals surface area (Å²) in [7, 11) is 0. The normalized spacial score (nSPS) is 11.1. The van der Waals surface area contributed by atoms with E-state index in [4.69, 9.17) is 0 Å². The molecule has 0 unspecified atom stereocenters. The monoisotopic (exact) mass is 342 g/mol. The van der Waals surface area contributed by atoms with Crippen molar-refractivity contribution in [3.63, 3.8) is 0 Å². The van der Waals surface area contributed by atoms with Crippen LogP contribution in [0.1, 0.15) is 33.3 Å². The molecule has 2 rings (SSSR count). The van der Waals surface area contributed by atoms with Crippen LogP contribution in [0.15, 0.2) is 48.5 Å². The van der Waals surface area contributed by atoms with Gasteiger partial charge in [-0.15, -0.1) is 0 Å². The molecule has 0 bridgehead atoms. The molecule has 2 aromatic carbocycles. The lowest BCUT2D eigenvalue weighted by Gasteiger charge is -2.23. The number of hydrogen-bond acceptors (Lipinski definition) is 2. The fourth-order valence-electron chi connectivity index (χ4n) is 2.42. The Kier molecular flexibility index (Phi) is 5.57. The Morgan fingerprint density at radius 3 is 2.16 bits per heavy atom. The van der Waals surface area contributed by atoms with Gasteiger partial charge in [0, 0.05) is 12.6 Å². The molecule has 0 spiro atoms. The Hall–Kier alpha value is -2.69. The Morgan fingerprint density at radius 2 is 1.64 bits per heavy atom. The smallest absolute Gasteiger partial charge is 0.244 e. The number of carbonyl (C=O) groups is 2. The summed E-state index contributed by atoms with van der Waals surface area (Å²) < 4.78 is 13.6. The van der Waals surface area contributed by atoms with Crippen LogP contribution in [0.4, 0.5) is 15.8 Å². The number of nitrogens with zero attached hydrogens (tertiary/aromatic N) is 1. The molecule has 0 radical (unpaired) electrons. The van der Waals surface area contributed by atoms with E-state index < -0.39 is 11.7 Å². The second-order valence-electron chi connectivity index (χ2n) is 6.93. The van der Waals surface area contributed by atoms with E-state index in [0.717, 1.165) is 5.56 Å². The molecule has 4 nitrogen and oxygen atoms in total. The molecule has 0 atom stereocenters. The molecular weight excluding hydrogens is 319 g/mol. The summed E-state index contributed by atoms with van der Waals surface area (Å²) >= 11 is 0. The summed E-state index contributed by atoms with van der Waals surface area (Å²) in [5.74, 6) is -1.23. The van der Waals surface area contributed by atoms with Crippen molar-refractivity contribution in [2.24, 2.45) is 0 Å². The fraction of sp³-hybridized carbons (Fsp3) is 0.300. The van der Waals surface area contributed by atoms with Crippen LogP contribution in [-0.2, 0) is 15.0 Å². The fourth-order valence-corrected chi connectivity index (χ4v) is 2.42. The largest absolute Gasteiger partial charge is 0.322 e. The van der Waals surface area contributed by atoms with Crippen LogP contribution in [0.3, 0.4) is 0 Å². The van der Waals surface area contributed by atoms with Crippen molar-refractivity contribution in [1.82, 2.24) is 0 Å². The van der Waals surface area contributed by atoms with Gasteiger partial charge < -0.3 is 10.2 Å². The molecule has 1 N–H and O–H groups in total. The lowest BCUT2D eigenvalue weighted by molar-refractivity contribution is -0.120. The Morgan fingerprint density at radius 1 is 1.04 bits per heavy atom. The van der Waals surface area contributed by atoms with Gasteiger partial charge >= 0.3 is 0 Å². The van der Waals surface area contributed by atoms with Crippen LogP contribution in [0.25, 0.3) is 0 Å². The van der Waals surface area contributed by atoms with E-state index in [2.05, 4.69) is 26.1 Å². The molecule has 2 aromatic rings. The van der Waals surface area contributed by atoms with Gasteiger partial charge in [-0.1, -0.05) is 45.0 Å². The zero-order valence-corrected chi connectivity index (χ0v) is 15.0. The van der Waals surface area contributed by atoms with Crippen LogP contribution >= 0.6 is 0 Å². The average molecular weight is 342 g/mol. The zero-order valence-electron chi connectivity index (χ0n) is 15.0. The number of nitrogens with one attached hydrogen (secondary N) is 1. The highest BCUT2D eigenvalue weighted by molar-refractivity contribution is 6.01. The van der Waals surface area contributed by atoms with Crippen LogP contribution in [0.5, 0.6) is 0 Å². The first kappa shape index (κ1) is 18.6. The van der Waals surface area contributed by atoms with Gasteiger partial charge in [-0.3, -0.25) is 9.59 Å². The van der Waals surface area contributed by atoms with Crippen LogP contribution < -0.4 is 10.2 Å². The zero-order chi connectivity index (χ0) is 18.6. The van der Waals surface area contributed by atoms with Crippen molar-refractivity contribution in [1.29, 1.82) is 0 Å². The summed E-state index contributed by atoms with van der Waals surface area (Å²) in [6.07, 6.45) is 0. The van der Waals surface area contributed by atoms with Gasteiger partial charge in [0.25, 0.3) is 0 Å². The molecule has 0 aliphatic carbocycles. The standard InChI is InChI=1S/C20H23FN2O2/c1-14(24)23(16-11-9-15(10-12-16)20(2,3)4)13-19(25)22-18-8-6-5-7-17(18)21/h5-12H,13H2,1-4H3,(H,22,25). The number of benzene rings is 2. The van der Waals surface area contributed by atoms with Crippen molar-refractivity contribution in [3.05, 3.63) is 59.9 Å². The second kappa shape index (κ2) is 7.47. The maximum absolute atomic E-state index is 13.6. The van der Waals surface area contributed by atoms with Crippen molar-refractivity contribution >= 4 is 23.2 Å². The minimum absolute atomic E-state index is 0.00178. The summed E-state index contributed by atoms with van der Waals surface area (Å²) in [6.45, 7) is 7.53. The summed E-state index contributed by atoms with van der Waals surface area (Å²) in [6, 6.07) is 13.4. The first-order valence-corrected chi connectivity index (χ1v) is 8.11. The number of halogens is 1. The lowest BCUT2D eigenvalue weighted by Crippen LogP contribution is -2.36. The van der Waals surface area contributed by atoms with Crippen LogP contribution in [0, 0.1) is 5.82 Å². The van der Waals surface area contributed by atoms with Gasteiger partial charge in [-0.2, -0.15) is 0 Å². The van der Waals surface area contributed by atoms with Gasteiger partial charge in [-0.25, -0.2) is 4.39 Å². The number of para-hydroxylation sites is 1. The topological polar surface area (TPSA) is 49.4 Å². The van der Waals surface area contributed by atoms with Crippen LogP contribution in [0.2, 0.25) is 0 Å². The molecular formula is C20H23FN2O2. The number of hydrogen-bond donors (Lipinski definition) is 1. The minimum atomic E-state index is -0.514. The number of anilines is 2. The molecule has 2 amide bonds. The van der Waals surface area contributed by atoms with E-state index in [-0.39, 0.29) is 23.6 Å². The third kappa shape index (κ3) is 4.89. The number of amides is 2. The highest BCUT2D eigenvalue weighted by atomic mass is 19.1. The molecule has 25 heavy (non-hydrogen) atoms. The molecule has 5 heteroatoms. The van der Waals surface area contributed by atoms with Gasteiger partial charge in [0.15, 0.2) is 0 Å². The molecule has 132 valence electrons. The van der Waals surface area contributed by atoms with E-state index in [1.807, 2.05) is 24.3 Å². The first-order chi connectivity index (χ1) is 11.7. The third-order valence-electron chi connectivity index (χ3n) is 3.87. The third-order valence-corrected chi connectivity index (χ3v) is 3.87. The SMILES string of the molecule is CC(=O)N(CC(=O)Nc1ccccc1F)c1ccc(C(C)(C)C)cc1. The summed E-state index contributed by atoms with van der Waals surface area (Å²) in [5, 5.41) is 2.49. The van der Waals surface area contributed by atoms with Crippen molar-refractivity contribution < 1.29 is 14.0 Å². The minimum Gasteiger partial charge on any atom is -0.322 e. The van der Waals surface area contributed by atoms with E-state index in [1.54, 1.807) is 12.1 Å². The summed E-state index contributed by atoms with van der Waals surface area (Å²) in [4.78, 5) is 25.5.